The largest absolute Gasteiger partial charge is 0.469 e. The third kappa shape index (κ3) is 4.34. The fourth-order valence-corrected chi connectivity index (χ4v) is 3.40. The van der Waals surface area contributed by atoms with Gasteiger partial charge in [-0.25, -0.2) is 4.39 Å². The zero-order valence-corrected chi connectivity index (χ0v) is 14.2. The number of carbonyl (C=O) groups is 1. The highest BCUT2D eigenvalue weighted by Gasteiger charge is 2.31. The summed E-state index contributed by atoms with van der Waals surface area (Å²) in [6, 6.07) is 16.8. The highest BCUT2D eigenvalue weighted by Crippen LogP contribution is 2.33. The Morgan fingerprint density at radius 2 is 1.88 bits per heavy atom. The molecule has 3 rings (SSSR count). The van der Waals surface area contributed by atoms with Gasteiger partial charge in [0, 0.05) is 18.5 Å². The first-order chi connectivity index (χ1) is 12.2. The van der Waals surface area contributed by atoms with Gasteiger partial charge in [0.25, 0.3) is 0 Å². The minimum Gasteiger partial charge on any atom is -0.469 e. The van der Waals surface area contributed by atoms with E-state index in [1.807, 2.05) is 18.2 Å². The van der Waals surface area contributed by atoms with Crippen LogP contribution in [0.1, 0.15) is 17.5 Å². The van der Waals surface area contributed by atoms with E-state index in [1.54, 1.807) is 12.1 Å². The maximum absolute atomic E-state index is 13.3. The maximum Gasteiger partial charge on any atom is 0.306 e. The van der Waals surface area contributed by atoms with E-state index in [-0.39, 0.29) is 23.7 Å². The zero-order valence-electron chi connectivity index (χ0n) is 14.2. The van der Waals surface area contributed by atoms with E-state index < -0.39 is 0 Å². The molecule has 0 radical (unpaired) electrons. The van der Waals surface area contributed by atoms with Gasteiger partial charge >= 0.3 is 5.97 Å². The van der Waals surface area contributed by atoms with E-state index in [0.717, 1.165) is 24.1 Å². The minimum absolute atomic E-state index is 0.0214. The van der Waals surface area contributed by atoms with Crippen LogP contribution in [0, 0.1) is 11.7 Å². The average Bonchev–Trinajstić information content (AvgIpc) is 2.64. The van der Waals surface area contributed by atoms with Gasteiger partial charge in [-0.15, -0.1) is 0 Å². The fraction of sp³-hybridized carbons (Fsp3) is 0.286. The van der Waals surface area contributed by atoms with Crippen LogP contribution in [0.15, 0.2) is 60.7 Å². The highest BCUT2D eigenvalue weighted by molar-refractivity contribution is 5.77. The maximum atomic E-state index is 13.3. The lowest BCUT2D eigenvalue weighted by atomic mass is 9.79. The summed E-state index contributed by atoms with van der Waals surface area (Å²) in [5, 5.41) is 3.50. The molecule has 0 fully saturated rings. The second-order valence-corrected chi connectivity index (χ2v) is 6.26. The van der Waals surface area contributed by atoms with Crippen LogP contribution in [-0.2, 0) is 16.0 Å². The molecule has 2 aromatic rings. The predicted molar refractivity (Wildman–Crippen MR) is 96.4 cm³/mol. The normalized spacial score (nSPS) is 20.0. The van der Waals surface area contributed by atoms with Crippen molar-refractivity contribution in [1.82, 2.24) is 5.32 Å². The van der Waals surface area contributed by atoms with Crippen LogP contribution in [0.4, 0.5) is 4.39 Å². The van der Waals surface area contributed by atoms with E-state index in [4.69, 9.17) is 4.74 Å². The number of methoxy groups -OCH3 is 1. The van der Waals surface area contributed by atoms with Gasteiger partial charge in [0.1, 0.15) is 5.82 Å². The molecule has 1 aliphatic rings. The van der Waals surface area contributed by atoms with Crippen LogP contribution in [-0.4, -0.2) is 25.7 Å². The fourth-order valence-electron chi connectivity index (χ4n) is 3.40. The van der Waals surface area contributed by atoms with Crippen molar-refractivity contribution in [2.24, 2.45) is 5.92 Å². The lowest BCUT2D eigenvalue weighted by molar-refractivity contribution is -0.141. The van der Waals surface area contributed by atoms with Crippen LogP contribution in [0.2, 0.25) is 0 Å². The van der Waals surface area contributed by atoms with Crippen molar-refractivity contribution in [1.29, 1.82) is 0 Å². The average molecular weight is 339 g/mol. The number of hydrogen-bond donors (Lipinski definition) is 1. The Labute approximate surface area is 147 Å². The van der Waals surface area contributed by atoms with Crippen molar-refractivity contribution >= 4 is 11.5 Å². The van der Waals surface area contributed by atoms with Gasteiger partial charge in [0.15, 0.2) is 0 Å². The Morgan fingerprint density at radius 1 is 1.16 bits per heavy atom. The van der Waals surface area contributed by atoms with E-state index in [1.165, 1.54) is 24.8 Å². The zero-order chi connectivity index (χ0) is 17.6. The SMILES string of the molecule is COC(=O)CC1C(c2ccc(F)cc2)=CCNC1Cc1ccccc1. The van der Waals surface area contributed by atoms with E-state index in [2.05, 4.69) is 23.5 Å². The van der Waals surface area contributed by atoms with Crippen LogP contribution < -0.4 is 5.32 Å². The van der Waals surface area contributed by atoms with Gasteiger partial charge in [0.05, 0.1) is 13.5 Å². The molecule has 0 spiro atoms. The van der Waals surface area contributed by atoms with E-state index >= 15 is 0 Å². The number of nitrogens with one attached hydrogen (secondary N) is 1. The lowest BCUT2D eigenvalue weighted by Crippen LogP contribution is -2.43. The molecular weight excluding hydrogens is 317 g/mol. The van der Waals surface area contributed by atoms with Gasteiger partial charge < -0.3 is 10.1 Å². The molecule has 1 heterocycles. The van der Waals surface area contributed by atoms with Gasteiger partial charge in [-0.05, 0) is 35.3 Å². The third-order valence-corrected chi connectivity index (χ3v) is 4.68. The van der Waals surface area contributed by atoms with Crippen molar-refractivity contribution in [3.05, 3.63) is 77.6 Å². The number of ether oxygens (including phenoxy) is 1. The minimum atomic E-state index is -0.261. The summed E-state index contributed by atoms with van der Waals surface area (Å²) in [4.78, 5) is 12.0. The number of esters is 1. The van der Waals surface area contributed by atoms with Crippen LogP contribution >= 0.6 is 0 Å². The van der Waals surface area contributed by atoms with Gasteiger partial charge in [-0.2, -0.15) is 0 Å². The molecule has 130 valence electrons. The van der Waals surface area contributed by atoms with Gasteiger partial charge in [-0.3, -0.25) is 4.79 Å². The number of halogens is 1. The summed E-state index contributed by atoms with van der Waals surface area (Å²) in [6.45, 7) is 0.724. The molecule has 0 bridgehead atoms. The molecule has 0 saturated heterocycles. The van der Waals surface area contributed by atoms with E-state index in [9.17, 15) is 9.18 Å². The summed E-state index contributed by atoms with van der Waals surface area (Å²) in [6.07, 6.45) is 3.20. The van der Waals surface area contributed by atoms with E-state index in [0.29, 0.717) is 6.42 Å². The summed E-state index contributed by atoms with van der Waals surface area (Å²) in [5.74, 6) is -0.518. The molecule has 0 aliphatic carbocycles. The predicted octanol–water partition coefficient (Wildman–Crippen LogP) is 3.60. The first kappa shape index (κ1) is 17.4. The van der Waals surface area contributed by atoms with Crippen LogP contribution in [0.25, 0.3) is 5.57 Å². The second-order valence-electron chi connectivity index (χ2n) is 6.26. The monoisotopic (exact) mass is 339 g/mol. The summed E-state index contributed by atoms with van der Waals surface area (Å²) in [5.41, 5.74) is 3.25. The first-order valence-electron chi connectivity index (χ1n) is 8.47. The molecule has 25 heavy (non-hydrogen) atoms. The molecular formula is C21H22FNO2. The number of carbonyl (C=O) groups excluding carboxylic acids is 1. The molecule has 2 unspecified atom stereocenters. The van der Waals surface area contributed by atoms with Crippen LogP contribution in [0.3, 0.4) is 0 Å². The summed E-state index contributed by atoms with van der Waals surface area (Å²) >= 11 is 0. The molecule has 2 aromatic carbocycles. The first-order valence-corrected chi connectivity index (χ1v) is 8.47. The van der Waals surface area contributed by atoms with Crippen molar-refractivity contribution in [3.8, 4) is 0 Å². The Morgan fingerprint density at radius 3 is 2.56 bits per heavy atom. The number of rotatable bonds is 5. The summed E-state index contributed by atoms with van der Waals surface area (Å²) in [7, 11) is 1.41. The molecule has 1 aliphatic heterocycles. The number of benzene rings is 2. The topological polar surface area (TPSA) is 38.3 Å². The van der Waals surface area contributed by atoms with Crippen molar-refractivity contribution in [2.45, 2.75) is 18.9 Å². The number of hydrogen-bond acceptors (Lipinski definition) is 3. The smallest absolute Gasteiger partial charge is 0.306 e. The summed E-state index contributed by atoms with van der Waals surface area (Å²) < 4.78 is 18.2. The van der Waals surface area contributed by atoms with Crippen molar-refractivity contribution in [3.63, 3.8) is 0 Å². The Kier molecular flexibility index (Phi) is 5.61. The molecule has 4 heteroatoms. The third-order valence-electron chi connectivity index (χ3n) is 4.68. The second kappa shape index (κ2) is 8.08. The molecule has 2 atom stereocenters. The van der Waals surface area contributed by atoms with Crippen molar-refractivity contribution < 1.29 is 13.9 Å². The molecule has 0 aromatic heterocycles. The van der Waals surface area contributed by atoms with Crippen molar-refractivity contribution in [2.75, 3.05) is 13.7 Å². The molecule has 3 nitrogen and oxygen atoms in total. The molecule has 0 amide bonds. The standard InChI is InChI=1S/C21H22FNO2/c1-25-21(24)14-19-18(16-7-9-17(22)10-8-16)11-12-23-20(19)13-15-5-3-2-4-6-15/h2-11,19-20,23H,12-14H2,1H3. The molecule has 0 saturated carbocycles. The Bertz CT molecular complexity index is 740. The molecule has 1 N–H and O–H groups in total. The highest BCUT2D eigenvalue weighted by atomic mass is 19.1. The quantitative estimate of drug-likeness (QED) is 0.846. The Balaban J connectivity index is 1.88. The van der Waals surface area contributed by atoms with Crippen LogP contribution in [0.5, 0.6) is 0 Å². The Hall–Kier alpha value is -2.46. The van der Waals surface area contributed by atoms with Gasteiger partial charge in [-0.1, -0.05) is 48.5 Å². The lowest BCUT2D eigenvalue weighted by Gasteiger charge is -2.33. The van der Waals surface area contributed by atoms with Gasteiger partial charge in [0.2, 0.25) is 0 Å².